The van der Waals surface area contributed by atoms with Crippen molar-refractivity contribution < 1.29 is 18.3 Å². The number of benzene rings is 1. The number of fused-ring (bicyclic) bond motifs is 1. The summed E-state index contributed by atoms with van der Waals surface area (Å²) in [6.07, 6.45) is -2.39. The van der Waals surface area contributed by atoms with E-state index in [4.69, 9.17) is 5.73 Å². The van der Waals surface area contributed by atoms with E-state index in [9.17, 15) is 18.3 Å². The van der Waals surface area contributed by atoms with Crippen molar-refractivity contribution in [1.82, 2.24) is 0 Å². The molecule has 0 amide bonds. The van der Waals surface area contributed by atoms with Crippen LogP contribution in [0.25, 0.3) is 0 Å². The lowest BCUT2D eigenvalue weighted by atomic mass is 9.94. The van der Waals surface area contributed by atoms with Crippen molar-refractivity contribution in [3.63, 3.8) is 0 Å². The Morgan fingerprint density at radius 1 is 1.17 bits per heavy atom. The van der Waals surface area contributed by atoms with Gasteiger partial charge in [0.1, 0.15) is 0 Å². The van der Waals surface area contributed by atoms with E-state index in [-0.39, 0.29) is 6.54 Å². The number of aryl methyl sites for hydroxylation is 2. The second-order valence-electron chi connectivity index (χ2n) is 4.91. The zero-order valence-electron chi connectivity index (χ0n) is 9.93. The highest BCUT2D eigenvalue weighted by Gasteiger charge is 2.33. The van der Waals surface area contributed by atoms with E-state index < -0.39 is 17.3 Å². The van der Waals surface area contributed by atoms with Gasteiger partial charge in [0.15, 0.2) is 0 Å². The van der Waals surface area contributed by atoms with E-state index >= 15 is 0 Å². The van der Waals surface area contributed by atoms with E-state index in [1.54, 1.807) is 0 Å². The zero-order chi connectivity index (χ0) is 13.4. The molecule has 1 atom stereocenters. The predicted molar refractivity (Wildman–Crippen MR) is 62.1 cm³/mol. The molecule has 0 saturated heterocycles. The highest BCUT2D eigenvalue weighted by atomic mass is 19.4. The second kappa shape index (κ2) is 4.55. The van der Waals surface area contributed by atoms with Gasteiger partial charge in [-0.3, -0.25) is 0 Å². The van der Waals surface area contributed by atoms with Gasteiger partial charge in [-0.15, -0.1) is 0 Å². The molecular weight excluding hydrogens is 243 g/mol. The maximum absolute atomic E-state index is 12.6. The van der Waals surface area contributed by atoms with Crippen molar-refractivity contribution in [2.45, 2.75) is 37.5 Å². The first-order chi connectivity index (χ1) is 8.34. The van der Waals surface area contributed by atoms with E-state index in [1.807, 2.05) is 0 Å². The molecule has 2 nitrogen and oxygen atoms in total. The highest BCUT2D eigenvalue weighted by Crippen LogP contribution is 2.33. The van der Waals surface area contributed by atoms with Crippen molar-refractivity contribution in [2.24, 2.45) is 5.73 Å². The lowest BCUT2D eigenvalue weighted by molar-refractivity contribution is -0.137. The zero-order valence-corrected chi connectivity index (χ0v) is 9.93. The minimum atomic E-state index is -4.31. The maximum Gasteiger partial charge on any atom is 0.416 e. The Hall–Kier alpha value is -1.07. The number of aliphatic hydroxyl groups is 1. The van der Waals surface area contributed by atoms with Crippen molar-refractivity contribution in [2.75, 3.05) is 6.54 Å². The molecule has 1 unspecified atom stereocenters. The van der Waals surface area contributed by atoms with E-state index in [2.05, 4.69) is 0 Å². The second-order valence-corrected chi connectivity index (χ2v) is 4.91. The van der Waals surface area contributed by atoms with Crippen LogP contribution in [0.4, 0.5) is 13.2 Å². The number of nitrogens with two attached hydrogens (primary N) is 1. The summed E-state index contributed by atoms with van der Waals surface area (Å²) in [6, 6.07) is 3.81. The predicted octanol–water partition coefficient (Wildman–Crippen LogP) is 2.27. The van der Waals surface area contributed by atoms with Gasteiger partial charge in [-0.05, 0) is 48.9 Å². The van der Waals surface area contributed by atoms with Crippen molar-refractivity contribution in [3.8, 4) is 0 Å². The Bertz CT molecular complexity index is 444. The van der Waals surface area contributed by atoms with Gasteiger partial charge in [-0.25, -0.2) is 0 Å². The first kappa shape index (κ1) is 13.4. The molecule has 0 aliphatic heterocycles. The molecular formula is C13H16F3NO. The van der Waals surface area contributed by atoms with Crippen LogP contribution in [0.5, 0.6) is 0 Å². The van der Waals surface area contributed by atoms with E-state index in [0.717, 1.165) is 11.6 Å². The quantitative estimate of drug-likeness (QED) is 0.760. The molecule has 100 valence electrons. The molecule has 0 radical (unpaired) electrons. The van der Waals surface area contributed by atoms with Crippen molar-refractivity contribution in [3.05, 3.63) is 34.9 Å². The minimum absolute atomic E-state index is 0.146. The third kappa shape index (κ3) is 2.67. The van der Waals surface area contributed by atoms with Crippen molar-refractivity contribution in [1.29, 1.82) is 0 Å². The standard InChI is InChI=1S/C13H16F3NO/c14-13(15,16)11-2-1-9-3-5-12(18,8-17)6-4-10(9)7-11/h1-2,7,18H,3-6,8,17H2. The van der Waals surface area contributed by atoms with Crippen LogP contribution in [0.3, 0.4) is 0 Å². The highest BCUT2D eigenvalue weighted by molar-refractivity contribution is 5.35. The molecule has 1 aromatic rings. The van der Waals surface area contributed by atoms with Gasteiger partial charge in [0.25, 0.3) is 0 Å². The molecule has 1 aliphatic carbocycles. The monoisotopic (exact) mass is 259 g/mol. The molecule has 2 rings (SSSR count). The van der Waals surface area contributed by atoms with Crippen LogP contribution in [0.1, 0.15) is 29.5 Å². The minimum Gasteiger partial charge on any atom is -0.389 e. The van der Waals surface area contributed by atoms with Crippen molar-refractivity contribution >= 4 is 0 Å². The summed E-state index contributed by atoms with van der Waals surface area (Å²) in [5.41, 5.74) is 5.50. The van der Waals surface area contributed by atoms with Crippen LogP contribution in [0.2, 0.25) is 0 Å². The molecule has 18 heavy (non-hydrogen) atoms. The number of hydrogen-bond acceptors (Lipinski definition) is 2. The van der Waals surface area contributed by atoms with Crippen LogP contribution < -0.4 is 5.73 Å². The summed E-state index contributed by atoms with van der Waals surface area (Å²) in [5, 5.41) is 10.1. The number of rotatable bonds is 1. The van der Waals surface area contributed by atoms with E-state index in [0.29, 0.717) is 31.2 Å². The number of alkyl halides is 3. The molecule has 0 bridgehead atoms. The molecule has 0 heterocycles. The van der Waals surface area contributed by atoms with Gasteiger partial charge in [0, 0.05) is 6.54 Å². The summed E-state index contributed by atoms with van der Waals surface area (Å²) in [7, 11) is 0. The Kier molecular flexibility index (Phi) is 3.38. The average molecular weight is 259 g/mol. The summed E-state index contributed by atoms with van der Waals surface area (Å²) < 4.78 is 37.8. The average Bonchev–Trinajstić information content (AvgIpc) is 2.49. The molecule has 0 fully saturated rings. The Labute approximate surface area is 104 Å². The smallest absolute Gasteiger partial charge is 0.389 e. The Balaban J connectivity index is 2.29. The molecule has 5 heteroatoms. The first-order valence-electron chi connectivity index (χ1n) is 5.95. The molecule has 1 aromatic carbocycles. The van der Waals surface area contributed by atoms with Crippen LogP contribution in [-0.2, 0) is 19.0 Å². The fraction of sp³-hybridized carbons (Fsp3) is 0.538. The fourth-order valence-corrected chi connectivity index (χ4v) is 2.34. The third-order valence-electron chi connectivity index (χ3n) is 3.63. The van der Waals surface area contributed by atoms with Crippen LogP contribution in [0, 0.1) is 0 Å². The molecule has 0 saturated carbocycles. The topological polar surface area (TPSA) is 46.2 Å². The number of hydrogen-bond donors (Lipinski definition) is 2. The fourth-order valence-electron chi connectivity index (χ4n) is 2.34. The van der Waals surface area contributed by atoms with Crippen LogP contribution >= 0.6 is 0 Å². The Morgan fingerprint density at radius 3 is 2.33 bits per heavy atom. The Morgan fingerprint density at radius 2 is 1.78 bits per heavy atom. The molecule has 0 aromatic heterocycles. The molecule has 1 aliphatic rings. The van der Waals surface area contributed by atoms with Gasteiger partial charge >= 0.3 is 6.18 Å². The lowest BCUT2D eigenvalue weighted by Crippen LogP contribution is -2.37. The maximum atomic E-state index is 12.6. The summed E-state index contributed by atoms with van der Waals surface area (Å²) in [4.78, 5) is 0. The van der Waals surface area contributed by atoms with Gasteiger partial charge in [-0.1, -0.05) is 6.07 Å². The summed E-state index contributed by atoms with van der Waals surface area (Å²) >= 11 is 0. The third-order valence-corrected chi connectivity index (χ3v) is 3.63. The summed E-state index contributed by atoms with van der Waals surface area (Å²) in [5.74, 6) is 0. The molecule has 3 N–H and O–H groups in total. The van der Waals surface area contributed by atoms with Gasteiger partial charge in [0.2, 0.25) is 0 Å². The first-order valence-corrected chi connectivity index (χ1v) is 5.95. The normalized spacial score (nSPS) is 24.5. The van der Waals surface area contributed by atoms with Gasteiger partial charge < -0.3 is 10.8 Å². The number of halogens is 3. The SMILES string of the molecule is NCC1(O)CCc2ccc(C(F)(F)F)cc2CC1. The van der Waals surface area contributed by atoms with E-state index in [1.165, 1.54) is 12.1 Å². The molecule has 0 spiro atoms. The van der Waals surface area contributed by atoms with Crippen LogP contribution in [0.15, 0.2) is 18.2 Å². The van der Waals surface area contributed by atoms with Crippen LogP contribution in [-0.4, -0.2) is 17.3 Å². The summed E-state index contributed by atoms with van der Waals surface area (Å²) in [6.45, 7) is 0.146. The largest absolute Gasteiger partial charge is 0.416 e. The van der Waals surface area contributed by atoms with Gasteiger partial charge in [0.05, 0.1) is 11.2 Å². The van der Waals surface area contributed by atoms with Gasteiger partial charge in [-0.2, -0.15) is 13.2 Å². The lowest BCUT2D eigenvalue weighted by Gasteiger charge is -2.23.